The van der Waals surface area contributed by atoms with E-state index >= 15 is 0 Å². The molecule has 0 aliphatic carbocycles. The van der Waals surface area contributed by atoms with E-state index in [2.05, 4.69) is 4.99 Å². The maximum Gasteiger partial charge on any atom is 0.338 e. The van der Waals surface area contributed by atoms with Gasteiger partial charge in [0.15, 0.2) is 4.80 Å². The van der Waals surface area contributed by atoms with Gasteiger partial charge in [-0.2, -0.15) is 0 Å². The number of rotatable bonds is 6. The van der Waals surface area contributed by atoms with Crippen molar-refractivity contribution in [1.82, 2.24) is 4.57 Å². The molecule has 3 aromatic rings. The first-order valence-corrected chi connectivity index (χ1v) is 11.8. The topological polar surface area (TPSA) is 73.1 Å². The number of nitrogens with zero attached hydrogens (tertiary/aromatic N) is 3. The minimum Gasteiger partial charge on any atom is -0.497 e. The van der Waals surface area contributed by atoms with Crippen LogP contribution in [0.3, 0.4) is 0 Å². The Kier molecular flexibility index (Phi) is 6.70. The van der Waals surface area contributed by atoms with E-state index in [0.717, 1.165) is 16.8 Å². The Bertz CT molecular complexity index is 1410. The molecule has 1 aliphatic rings. The van der Waals surface area contributed by atoms with Crippen LogP contribution in [0.15, 0.2) is 69.6 Å². The molecule has 1 atom stereocenters. The number of carbonyl (C=O) groups excluding carboxylic acids is 1. The summed E-state index contributed by atoms with van der Waals surface area (Å²) in [7, 11) is 5.56. The second kappa shape index (κ2) is 9.69. The lowest BCUT2D eigenvalue weighted by Crippen LogP contribution is -2.39. The number of esters is 1. The Hall–Kier alpha value is -3.65. The highest BCUT2D eigenvalue weighted by atomic mass is 32.1. The Labute approximate surface area is 201 Å². The molecule has 8 heteroatoms. The first-order valence-electron chi connectivity index (χ1n) is 10.9. The lowest BCUT2D eigenvalue weighted by atomic mass is 9.96. The van der Waals surface area contributed by atoms with E-state index in [1.54, 1.807) is 25.5 Å². The fourth-order valence-electron chi connectivity index (χ4n) is 3.91. The number of anilines is 1. The van der Waals surface area contributed by atoms with Crippen molar-refractivity contribution in [2.75, 3.05) is 32.7 Å². The largest absolute Gasteiger partial charge is 0.497 e. The van der Waals surface area contributed by atoms with Gasteiger partial charge in [0.2, 0.25) is 0 Å². The number of hydrogen-bond donors (Lipinski definition) is 0. The molecule has 0 fully saturated rings. The molecule has 0 amide bonds. The van der Waals surface area contributed by atoms with Crippen molar-refractivity contribution in [3.8, 4) is 5.75 Å². The highest BCUT2D eigenvalue weighted by Gasteiger charge is 2.33. The molecular weight excluding hydrogens is 450 g/mol. The number of thiazole rings is 1. The molecule has 7 nitrogen and oxygen atoms in total. The monoisotopic (exact) mass is 477 g/mol. The molecule has 2 aromatic carbocycles. The number of methoxy groups -OCH3 is 1. The molecule has 0 unspecified atom stereocenters. The molecule has 0 bridgehead atoms. The minimum absolute atomic E-state index is 0.199. The molecule has 0 saturated carbocycles. The van der Waals surface area contributed by atoms with Gasteiger partial charge >= 0.3 is 5.97 Å². The maximum absolute atomic E-state index is 13.6. The van der Waals surface area contributed by atoms with E-state index in [9.17, 15) is 9.59 Å². The van der Waals surface area contributed by atoms with Gasteiger partial charge in [0.1, 0.15) is 5.75 Å². The van der Waals surface area contributed by atoms with Crippen LogP contribution < -0.4 is 24.5 Å². The van der Waals surface area contributed by atoms with Gasteiger partial charge in [-0.1, -0.05) is 35.6 Å². The molecule has 2 heterocycles. The number of allylic oxidation sites excluding steroid dienone is 1. The average molecular weight is 478 g/mol. The van der Waals surface area contributed by atoms with E-state index in [1.165, 1.54) is 11.3 Å². The van der Waals surface area contributed by atoms with Crippen molar-refractivity contribution in [2.24, 2.45) is 4.99 Å². The maximum atomic E-state index is 13.6. The lowest BCUT2D eigenvalue weighted by molar-refractivity contribution is -0.139. The summed E-state index contributed by atoms with van der Waals surface area (Å²) in [6.07, 6.45) is 1.86. The molecule has 1 aromatic heterocycles. The Balaban J connectivity index is 1.89. The summed E-state index contributed by atoms with van der Waals surface area (Å²) in [5.41, 5.74) is 3.48. The summed E-state index contributed by atoms with van der Waals surface area (Å²) in [6, 6.07) is 14.7. The number of fused-ring (bicyclic) bond motifs is 1. The first kappa shape index (κ1) is 23.5. The van der Waals surface area contributed by atoms with E-state index in [-0.39, 0.29) is 12.2 Å². The molecule has 0 N–H and O–H groups in total. The van der Waals surface area contributed by atoms with Crippen LogP contribution in [0.4, 0.5) is 5.69 Å². The third-order valence-corrected chi connectivity index (χ3v) is 6.64. The van der Waals surface area contributed by atoms with Crippen molar-refractivity contribution < 1.29 is 14.3 Å². The van der Waals surface area contributed by atoms with Gasteiger partial charge < -0.3 is 14.4 Å². The summed E-state index contributed by atoms with van der Waals surface area (Å²) in [4.78, 5) is 33.7. The molecule has 34 heavy (non-hydrogen) atoms. The van der Waals surface area contributed by atoms with Crippen LogP contribution in [0.5, 0.6) is 5.75 Å². The zero-order valence-corrected chi connectivity index (χ0v) is 20.7. The molecule has 0 spiro atoms. The number of carbonyl (C=O) groups is 1. The second-order valence-corrected chi connectivity index (χ2v) is 9.07. The molecule has 4 rings (SSSR count). The van der Waals surface area contributed by atoms with Gasteiger partial charge in [-0.25, -0.2) is 9.79 Å². The van der Waals surface area contributed by atoms with Crippen molar-refractivity contribution >= 4 is 29.1 Å². The van der Waals surface area contributed by atoms with E-state index in [0.29, 0.717) is 26.4 Å². The third kappa shape index (κ3) is 4.41. The Morgan fingerprint density at radius 1 is 1.15 bits per heavy atom. The van der Waals surface area contributed by atoms with Gasteiger partial charge in [-0.15, -0.1) is 0 Å². The van der Waals surface area contributed by atoms with E-state index in [1.807, 2.05) is 73.6 Å². The van der Waals surface area contributed by atoms with Crippen LogP contribution >= 0.6 is 11.3 Å². The number of ether oxygens (including phenoxy) is 2. The fraction of sp³-hybridized carbons (Fsp3) is 0.269. The predicted octanol–water partition coefficient (Wildman–Crippen LogP) is 2.87. The zero-order chi connectivity index (χ0) is 24.4. The van der Waals surface area contributed by atoms with Crippen molar-refractivity contribution in [2.45, 2.75) is 19.9 Å². The molecule has 1 aliphatic heterocycles. The Morgan fingerprint density at radius 3 is 2.41 bits per heavy atom. The van der Waals surface area contributed by atoms with Crippen LogP contribution in [0.1, 0.15) is 31.0 Å². The van der Waals surface area contributed by atoms with E-state index in [4.69, 9.17) is 9.47 Å². The quantitative estimate of drug-likeness (QED) is 0.511. The lowest BCUT2D eigenvalue weighted by Gasteiger charge is -2.24. The number of hydrogen-bond acceptors (Lipinski definition) is 7. The normalized spacial score (nSPS) is 15.6. The van der Waals surface area contributed by atoms with Crippen LogP contribution in [-0.4, -0.2) is 38.3 Å². The summed E-state index contributed by atoms with van der Waals surface area (Å²) in [5.74, 6) is 0.217. The second-order valence-electron chi connectivity index (χ2n) is 8.06. The number of benzene rings is 2. The van der Waals surface area contributed by atoms with Crippen LogP contribution in [0.2, 0.25) is 0 Å². The molecule has 0 saturated heterocycles. The summed E-state index contributed by atoms with van der Waals surface area (Å²) in [6.45, 7) is 3.77. The standard InChI is InChI=1S/C26H27N3O4S/c1-6-33-25(31)22-16(2)27-26-29(23(22)18-9-13-20(32-5)14-10-18)24(30)21(34-26)15-17-7-11-19(12-8-17)28(3)4/h7-15,23H,6H2,1-5H3/t23-/m0/s1. The van der Waals surface area contributed by atoms with Gasteiger partial charge in [-0.05, 0) is 55.3 Å². The van der Waals surface area contributed by atoms with Crippen LogP contribution in [0.25, 0.3) is 6.08 Å². The van der Waals surface area contributed by atoms with Gasteiger partial charge in [0, 0.05) is 19.8 Å². The van der Waals surface area contributed by atoms with Crippen LogP contribution in [0, 0.1) is 0 Å². The van der Waals surface area contributed by atoms with Crippen molar-refractivity contribution in [3.63, 3.8) is 0 Å². The molecule has 0 radical (unpaired) electrons. The highest BCUT2D eigenvalue weighted by molar-refractivity contribution is 7.07. The summed E-state index contributed by atoms with van der Waals surface area (Å²) >= 11 is 1.31. The SMILES string of the molecule is CCOC(=O)C1=C(C)N=c2sc(=Cc3ccc(N(C)C)cc3)c(=O)n2[C@H]1c1ccc(OC)cc1. The van der Waals surface area contributed by atoms with Crippen molar-refractivity contribution in [3.05, 3.63) is 90.6 Å². The molecule has 176 valence electrons. The molecular formula is C26H27N3O4S. The van der Waals surface area contributed by atoms with E-state index < -0.39 is 12.0 Å². The zero-order valence-electron chi connectivity index (χ0n) is 19.9. The third-order valence-electron chi connectivity index (χ3n) is 5.66. The fourth-order valence-corrected chi connectivity index (χ4v) is 4.96. The van der Waals surface area contributed by atoms with Gasteiger partial charge in [-0.3, -0.25) is 9.36 Å². The summed E-state index contributed by atoms with van der Waals surface area (Å²) in [5, 5.41) is 0. The van der Waals surface area contributed by atoms with Crippen molar-refractivity contribution in [1.29, 1.82) is 0 Å². The average Bonchev–Trinajstić information content (AvgIpc) is 3.13. The smallest absolute Gasteiger partial charge is 0.338 e. The highest BCUT2D eigenvalue weighted by Crippen LogP contribution is 2.31. The van der Waals surface area contributed by atoms with Gasteiger partial charge in [0.05, 0.1) is 35.6 Å². The summed E-state index contributed by atoms with van der Waals surface area (Å²) < 4.78 is 12.7. The first-order chi connectivity index (χ1) is 16.3. The van der Waals surface area contributed by atoms with Gasteiger partial charge in [0.25, 0.3) is 5.56 Å². The van der Waals surface area contributed by atoms with Crippen LogP contribution in [-0.2, 0) is 9.53 Å². The number of aromatic nitrogens is 1. The predicted molar refractivity (Wildman–Crippen MR) is 134 cm³/mol. The minimum atomic E-state index is -0.639. The Morgan fingerprint density at radius 2 is 1.82 bits per heavy atom.